The van der Waals surface area contributed by atoms with Crippen LogP contribution in [0.1, 0.15) is 37.6 Å². The Kier molecular flexibility index (Phi) is 6.42. The first-order valence-electron chi connectivity index (χ1n) is 6.67. The van der Waals surface area contributed by atoms with Gasteiger partial charge in [0, 0.05) is 6.20 Å². The predicted octanol–water partition coefficient (Wildman–Crippen LogP) is 2.36. The molecule has 1 atom stereocenters. The molecule has 116 valence electrons. The molecule has 6 nitrogen and oxygen atoms in total. The molecule has 21 heavy (non-hydrogen) atoms. The van der Waals surface area contributed by atoms with Crippen molar-refractivity contribution in [2.45, 2.75) is 33.2 Å². The van der Waals surface area contributed by atoms with Crippen LogP contribution >= 0.6 is 11.6 Å². The topological polar surface area (TPSA) is 88.5 Å². The number of rotatable bonds is 7. The zero-order valence-electron chi connectivity index (χ0n) is 12.2. The van der Waals surface area contributed by atoms with Crippen LogP contribution in [0.25, 0.3) is 0 Å². The summed E-state index contributed by atoms with van der Waals surface area (Å²) >= 11 is 5.95. The number of carboxylic acid groups (broad SMARTS) is 1. The lowest BCUT2D eigenvalue weighted by Crippen LogP contribution is -2.41. The molecular weight excluding hydrogens is 296 g/mol. The summed E-state index contributed by atoms with van der Waals surface area (Å²) in [5.41, 5.74) is 0.193. The smallest absolute Gasteiger partial charge is 0.326 e. The second-order valence-electron chi connectivity index (χ2n) is 4.94. The monoisotopic (exact) mass is 314 g/mol. The predicted molar refractivity (Wildman–Crippen MR) is 78.8 cm³/mol. The average Bonchev–Trinajstić information content (AvgIpc) is 2.39. The molecule has 0 aliphatic rings. The molecular formula is C14H19ClN2O4. The van der Waals surface area contributed by atoms with E-state index in [0.717, 1.165) is 0 Å². The van der Waals surface area contributed by atoms with Gasteiger partial charge in [-0.05, 0) is 25.3 Å². The van der Waals surface area contributed by atoms with Crippen LogP contribution in [0.15, 0.2) is 12.3 Å². The molecule has 0 saturated carbocycles. The average molecular weight is 315 g/mol. The lowest BCUT2D eigenvalue weighted by atomic mass is 10.0. The van der Waals surface area contributed by atoms with Crippen LogP contribution in [0.5, 0.6) is 5.88 Å². The van der Waals surface area contributed by atoms with Crippen molar-refractivity contribution in [2.75, 3.05) is 6.61 Å². The van der Waals surface area contributed by atoms with Gasteiger partial charge in [0.1, 0.15) is 11.1 Å². The minimum atomic E-state index is -1.07. The molecule has 1 unspecified atom stereocenters. The Labute approximate surface area is 128 Å². The molecule has 0 aromatic carbocycles. The molecule has 0 aliphatic heterocycles. The van der Waals surface area contributed by atoms with Gasteiger partial charge in [-0.3, -0.25) is 4.79 Å². The highest BCUT2D eigenvalue weighted by molar-refractivity contribution is 6.32. The molecule has 1 rings (SSSR count). The molecule has 2 N–H and O–H groups in total. The summed E-state index contributed by atoms with van der Waals surface area (Å²) in [6, 6.07) is 0.464. The number of carbonyl (C=O) groups is 2. The number of amides is 1. The Morgan fingerprint density at radius 3 is 2.62 bits per heavy atom. The van der Waals surface area contributed by atoms with Crippen LogP contribution in [0.3, 0.4) is 0 Å². The van der Waals surface area contributed by atoms with Gasteiger partial charge in [0.2, 0.25) is 5.88 Å². The highest BCUT2D eigenvalue weighted by Gasteiger charge is 2.22. The van der Waals surface area contributed by atoms with E-state index in [0.29, 0.717) is 13.0 Å². The van der Waals surface area contributed by atoms with E-state index in [9.17, 15) is 9.59 Å². The van der Waals surface area contributed by atoms with E-state index in [-0.39, 0.29) is 22.4 Å². The van der Waals surface area contributed by atoms with Crippen molar-refractivity contribution in [3.63, 3.8) is 0 Å². The van der Waals surface area contributed by atoms with Gasteiger partial charge in [-0.25, -0.2) is 9.78 Å². The number of carboxylic acids is 1. The molecule has 0 radical (unpaired) electrons. The largest absolute Gasteiger partial charge is 0.480 e. The van der Waals surface area contributed by atoms with Crippen LogP contribution in [0.4, 0.5) is 0 Å². The van der Waals surface area contributed by atoms with E-state index >= 15 is 0 Å². The van der Waals surface area contributed by atoms with Crippen molar-refractivity contribution in [2.24, 2.45) is 5.92 Å². The molecule has 0 spiro atoms. The van der Waals surface area contributed by atoms with Crippen LogP contribution in [-0.2, 0) is 4.79 Å². The summed E-state index contributed by atoms with van der Waals surface area (Å²) in [4.78, 5) is 27.1. The molecule has 1 aromatic heterocycles. The molecule has 0 fully saturated rings. The third-order valence-corrected chi connectivity index (χ3v) is 2.93. The minimum Gasteiger partial charge on any atom is -0.480 e. The lowest BCUT2D eigenvalue weighted by molar-refractivity contribution is -0.139. The number of carbonyl (C=O) groups excluding carboxylic acids is 1. The first kappa shape index (κ1) is 17.2. The zero-order valence-corrected chi connectivity index (χ0v) is 13.0. The number of aromatic nitrogens is 1. The Morgan fingerprint density at radius 2 is 2.14 bits per heavy atom. The standard InChI is InChI=1S/C14H19ClN2O4/c1-4-21-13-10(15)6-9(7-16-13)12(18)17-11(14(19)20)5-8(2)3/h6-8,11H,4-5H2,1-3H3,(H,17,18)(H,19,20). The van der Waals surface area contributed by atoms with Gasteiger partial charge < -0.3 is 15.2 Å². The van der Waals surface area contributed by atoms with Crippen molar-refractivity contribution in [3.05, 3.63) is 22.8 Å². The first-order chi connectivity index (χ1) is 9.85. The van der Waals surface area contributed by atoms with Gasteiger partial charge in [0.05, 0.1) is 12.2 Å². The van der Waals surface area contributed by atoms with Crippen molar-refractivity contribution in [1.29, 1.82) is 0 Å². The maximum atomic E-state index is 12.0. The number of ether oxygens (including phenoxy) is 1. The Balaban J connectivity index is 2.83. The fraction of sp³-hybridized carbons (Fsp3) is 0.500. The van der Waals surface area contributed by atoms with Gasteiger partial charge >= 0.3 is 5.97 Å². The molecule has 7 heteroatoms. The molecule has 1 amide bonds. The number of nitrogens with one attached hydrogen (secondary N) is 1. The summed E-state index contributed by atoms with van der Waals surface area (Å²) in [7, 11) is 0. The van der Waals surface area contributed by atoms with Crippen LogP contribution in [0.2, 0.25) is 5.02 Å². The SMILES string of the molecule is CCOc1ncc(C(=O)NC(CC(C)C)C(=O)O)cc1Cl. The summed E-state index contributed by atoms with van der Waals surface area (Å²) in [6.45, 7) is 5.98. The van der Waals surface area contributed by atoms with Crippen molar-refractivity contribution < 1.29 is 19.4 Å². The molecule has 1 aromatic rings. The highest BCUT2D eigenvalue weighted by atomic mass is 35.5. The summed E-state index contributed by atoms with van der Waals surface area (Å²) in [5.74, 6) is -1.20. The van der Waals surface area contributed by atoms with E-state index in [4.69, 9.17) is 21.4 Å². The van der Waals surface area contributed by atoms with Gasteiger partial charge in [-0.15, -0.1) is 0 Å². The quantitative estimate of drug-likeness (QED) is 0.806. The normalized spacial score (nSPS) is 12.0. The Morgan fingerprint density at radius 1 is 1.48 bits per heavy atom. The van der Waals surface area contributed by atoms with E-state index in [2.05, 4.69) is 10.3 Å². The molecule has 0 saturated heterocycles. The number of hydrogen-bond donors (Lipinski definition) is 2. The summed E-state index contributed by atoms with van der Waals surface area (Å²) in [6.07, 6.45) is 1.65. The summed E-state index contributed by atoms with van der Waals surface area (Å²) in [5, 5.41) is 11.8. The first-order valence-corrected chi connectivity index (χ1v) is 7.05. The molecule has 0 bridgehead atoms. The van der Waals surface area contributed by atoms with E-state index < -0.39 is 17.9 Å². The number of hydrogen-bond acceptors (Lipinski definition) is 4. The fourth-order valence-corrected chi connectivity index (χ4v) is 1.95. The Bertz CT molecular complexity index is 520. The summed E-state index contributed by atoms with van der Waals surface area (Å²) < 4.78 is 5.17. The van der Waals surface area contributed by atoms with Gasteiger partial charge in [-0.1, -0.05) is 25.4 Å². The van der Waals surface area contributed by atoms with E-state index in [1.54, 1.807) is 6.92 Å². The van der Waals surface area contributed by atoms with E-state index in [1.807, 2.05) is 13.8 Å². The molecule has 1 heterocycles. The Hall–Kier alpha value is -1.82. The zero-order chi connectivity index (χ0) is 16.0. The second-order valence-corrected chi connectivity index (χ2v) is 5.35. The minimum absolute atomic E-state index is 0.147. The maximum Gasteiger partial charge on any atom is 0.326 e. The number of nitrogens with zero attached hydrogens (tertiary/aromatic N) is 1. The van der Waals surface area contributed by atoms with Crippen LogP contribution in [-0.4, -0.2) is 34.6 Å². The second kappa shape index (κ2) is 7.83. The highest BCUT2D eigenvalue weighted by Crippen LogP contribution is 2.22. The molecule has 0 aliphatic carbocycles. The lowest BCUT2D eigenvalue weighted by Gasteiger charge is -2.16. The van der Waals surface area contributed by atoms with E-state index in [1.165, 1.54) is 12.3 Å². The number of pyridine rings is 1. The number of halogens is 1. The third-order valence-electron chi connectivity index (χ3n) is 2.66. The van der Waals surface area contributed by atoms with Crippen LogP contribution in [0, 0.1) is 5.92 Å². The van der Waals surface area contributed by atoms with Crippen molar-refractivity contribution >= 4 is 23.5 Å². The van der Waals surface area contributed by atoms with Crippen LogP contribution < -0.4 is 10.1 Å². The van der Waals surface area contributed by atoms with Crippen molar-refractivity contribution in [1.82, 2.24) is 10.3 Å². The number of aliphatic carboxylic acids is 1. The fourth-order valence-electron chi connectivity index (χ4n) is 1.73. The third kappa shape index (κ3) is 5.23. The van der Waals surface area contributed by atoms with Crippen molar-refractivity contribution in [3.8, 4) is 5.88 Å². The van der Waals surface area contributed by atoms with Gasteiger partial charge in [0.15, 0.2) is 0 Å². The maximum absolute atomic E-state index is 12.0. The van der Waals surface area contributed by atoms with Gasteiger partial charge in [0.25, 0.3) is 5.91 Å². The van der Waals surface area contributed by atoms with Gasteiger partial charge in [-0.2, -0.15) is 0 Å².